The van der Waals surface area contributed by atoms with E-state index >= 15 is 0 Å². The lowest BCUT2D eigenvalue weighted by Gasteiger charge is -2.14. The number of rotatable bonds is 3. The van der Waals surface area contributed by atoms with Crippen molar-refractivity contribution in [2.24, 2.45) is 0 Å². The summed E-state index contributed by atoms with van der Waals surface area (Å²) >= 11 is 3.36. The standard InChI is InChI=1S/C16H17BrN2O/c1-10(2)11-6-3-4-9-14(11)19-16(20)12-7-5-8-13(18)15(12)17/h3-10H,18H2,1-2H3,(H,19,20). The molecule has 0 aromatic heterocycles. The van der Waals surface area contributed by atoms with Crippen molar-refractivity contribution >= 4 is 33.2 Å². The van der Waals surface area contributed by atoms with Crippen LogP contribution in [-0.4, -0.2) is 5.91 Å². The molecule has 2 rings (SSSR count). The molecule has 2 aromatic carbocycles. The highest BCUT2D eigenvalue weighted by molar-refractivity contribution is 9.10. The molecule has 0 saturated carbocycles. The van der Waals surface area contributed by atoms with Crippen LogP contribution in [0.3, 0.4) is 0 Å². The summed E-state index contributed by atoms with van der Waals surface area (Å²) in [6.07, 6.45) is 0. The lowest BCUT2D eigenvalue weighted by Crippen LogP contribution is -2.14. The fraction of sp³-hybridized carbons (Fsp3) is 0.188. The first kappa shape index (κ1) is 14.6. The average molecular weight is 333 g/mol. The second-order valence-corrected chi connectivity index (χ2v) is 5.70. The molecule has 1 amide bonds. The van der Waals surface area contributed by atoms with E-state index in [2.05, 4.69) is 35.1 Å². The second kappa shape index (κ2) is 6.09. The van der Waals surface area contributed by atoms with Gasteiger partial charge in [0.1, 0.15) is 0 Å². The summed E-state index contributed by atoms with van der Waals surface area (Å²) < 4.78 is 0.625. The Morgan fingerprint density at radius 1 is 1.15 bits per heavy atom. The van der Waals surface area contributed by atoms with Crippen LogP contribution in [0.15, 0.2) is 46.9 Å². The first-order chi connectivity index (χ1) is 9.50. The van der Waals surface area contributed by atoms with Gasteiger partial charge in [-0.1, -0.05) is 38.1 Å². The first-order valence-corrected chi connectivity index (χ1v) is 7.24. The molecule has 0 radical (unpaired) electrons. The molecule has 0 atom stereocenters. The van der Waals surface area contributed by atoms with Gasteiger partial charge < -0.3 is 11.1 Å². The van der Waals surface area contributed by atoms with Crippen LogP contribution in [0.25, 0.3) is 0 Å². The topological polar surface area (TPSA) is 55.1 Å². The fourth-order valence-electron chi connectivity index (χ4n) is 2.03. The molecule has 0 unspecified atom stereocenters. The molecule has 3 N–H and O–H groups in total. The number of anilines is 2. The summed E-state index contributed by atoms with van der Waals surface area (Å²) in [6, 6.07) is 13.1. The monoisotopic (exact) mass is 332 g/mol. The zero-order chi connectivity index (χ0) is 14.7. The molecule has 0 aliphatic carbocycles. The number of nitrogens with two attached hydrogens (primary N) is 1. The maximum absolute atomic E-state index is 12.4. The number of hydrogen-bond donors (Lipinski definition) is 2. The van der Waals surface area contributed by atoms with Crippen molar-refractivity contribution in [3.8, 4) is 0 Å². The van der Waals surface area contributed by atoms with E-state index in [1.807, 2.05) is 24.3 Å². The molecule has 20 heavy (non-hydrogen) atoms. The van der Waals surface area contributed by atoms with Gasteiger partial charge in [0.2, 0.25) is 0 Å². The van der Waals surface area contributed by atoms with Gasteiger partial charge in [0.25, 0.3) is 5.91 Å². The Morgan fingerprint density at radius 3 is 2.55 bits per heavy atom. The predicted octanol–water partition coefficient (Wildman–Crippen LogP) is 4.41. The molecule has 104 valence electrons. The third-order valence-corrected chi connectivity index (χ3v) is 3.99. The van der Waals surface area contributed by atoms with E-state index in [0.29, 0.717) is 21.6 Å². The highest BCUT2D eigenvalue weighted by atomic mass is 79.9. The normalized spacial score (nSPS) is 10.6. The number of amides is 1. The van der Waals surface area contributed by atoms with Gasteiger partial charge in [-0.05, 0) is 45.6 Å². The van der Waals surface area contributed by atoms with Gasteiger partial charge in [0.15, 0.2) is 0 Å². The lowest BCUT2D eigenvalue weighted by atomic mass is 10.0. The molecule has 0 aliphatic heterocycles. The van der Waals surface area contributed by atoms with Gasteiger partial charge in [0.05, 0.1) is 10.0 Å². The van der Waals surface area contributed by atoms with Crippen molar-refractivity contribution in [1.29, 1.82) is 0 Å². The Bertz CT molecular complexity index is 638. The summed E-state index contributed by atoms with van der Waals surface area (Å²) in [5.74, 6) is 0.174. The van der Waals surface area contributed by atoms with Crippen molar-refractivity contribution in [3.05, 3.63) is 58.1 Å². The molecule has 2 aromatic rings. The van der Waals surface area contributed by atoms with Gasteiger partial charge in [-0.3, -0.25) is 4.79 Å². The smallest absolute Gasteiger partial charge is 0.256 e. The lowest BCUT2D eigenvalue weighted by molar-refractivity contribution is 0.102. The Hall–Kier alpha value is -1.81. The van der Waals surface area contributed by atoms with Gasteiger partial charge in [-0.25, -0.2) is 0 Å². The number of nitrogen functional groups attached to an aromatic ring is 1. The van der Waals surface area contributed by atoms with Crippen molar-refractivity contribution in [2.75, 3.05) is 11.1 Å². The van der Waals surface area contributed by atoms with Crippen molar-refractivity contribution in [3.63, 3.8) is 0 Å². The summed E-state index contributed by atoms with van der Waals surface area (Å²) in [4.78, 5) is 12.4. The number of para-hydroxylation sites is 1. The Kier molecular flexibility index (Phi) is 4.45. The summed E-state index contributed by atoms with van der Waals surface area (Å²) in [6.45, 7) is 4.20. The first-order valence-electron chi connectivity index (χ1n) is 6.45. The molecule has 0 fully saturated rings. The van der Waals surface area contributed by atoms with Crippen LogP contribution < -0.4 is 11.1 Å². The summed E-state index contributed by atoms with van der Waals surface area (Å²) in [5.41, 5.74) is 8.83. The van der Waals surface area contributed by atoms with Crippen LogP contribution in [-0.2, 0) is 0 Å². The Morgan fingerprint density at radius 2 is 1.85 bits per heavy atom. The molecular formula is C16H17BrN2O. The molecule has 0 heterocycles. The third kappa shape index (κ3) is 3.02. The maximum atomic E-state index is 12.4. The van der Waals surface area contributed by atoms with E-state index in [0.717, 1.165) is 11.3 Å². The van der Waals surface area contributed by atoms with E-state index < -0.39 is 0 Å². The SMILES string of the molecule is CC(C)c1ccccc1NC(=O)c1cccc(N)c1Br. The third-order valence-electron chi connectivity index (χ3n) is 3.10. The Labute approximate surface area is 127 Å². The minimum Gasteiger partial charge on any atom is -0.398 e. The maximum Gasteiger partial charge on any atom is 0.256 e. The van der Waals surface area contributed by atoms with Crippen molar-refractivity contribution in [2.45, 2.75) is 19.8 Å². The van der Waals surface area contributed by atoms with Gasteiger partial charge >= 0.3 is 0 Å². The van der Waals surface area contributed by atoms with Crippen LogP contribution in [0.5, 0.6) is 0 Å². The van der Waals surface area contributed by atoms with E-state index in [-0.39, 0.29) is 5.91 Å². The number of benzene rings is 2. The highest BCUT2D eigenvalue weighted by Gasteiger charge is 2.14. The van der Waals surface area contributed by atoms with Crippen LogP contribution in [0.1, 0.15) is 35.7 Å². The highest BCUT2D eigenvalue weighted by Crippen LogP contribution is 2.27. The summed E-state index contributed by atoms with van der Waals surface area (Å²) in [5, 5.41) is 2.95. The predicted molar refractivity (Wildman–Crippen MR) is 87.0 cm³/mol. The molecule has 4 heteroatoms. The molecule has 0 bridgehead atoms. The number of hydrogen-bond acceptors (Lipinski definition) is 2. The van der Waals surface area contributed by atoms with Crippen LogP contribution >= 0.6 is 15.9 Å². The van der Waals surface area contributed by atoms with Gasteiger partial charge in [0, 0.05) is 11.4 Å². The number of nitrogens with one attached hydrogen (secondary N) is 1. The molecule has 0 aliphatic rings. The minimum absolute atomic E-state index is 0.169. The molecular weight excluding hydrogens is 316 g/mol. The Balaban J connectivity index is 2.31. The van der Waals surface area contributed by atoms with Gasteiger partial charge in [-0.2, -0.15) is 0 Å². The largest absolute Gasteiger partial charge is 0.398 e. The molecule has 0 saturated heterocycles. The number of halogens is 1. The summed E-state index contributed by atoms with van der Waals surface area (Å²) in [7, 11) is 0. The zero-order valence-electron chi connectivity index (χ0n) is 11.5. The number of carbonyl (C=O) groups excluding carboxylic acids is 1. The van der Waals surface area contributed by atoms with Crippen LogP contribution in [0, 0.1) is 0 Å². The molecule has 0 spiro atoms. The fourth-order valence-corrected chi connectivity index (χ4v) is 2.47. The zero-order valence-corrected chi connectivity index (χ0v) is 13.1. The second-order valence-electron chi connectivity index (χ2n) is 4.90. The van der Waals surface area contributed by atoms with Gasteiger partial charge in [-0.15, -0.1) is 0 Å². The van der Waals surface area contributed by atoms with Crippen LogP contribution in [0.2, 0.25) is 0 Å². The van der Waals surface area contributed by atoms with Crippen LogP contribution in [0.4, 0.5) is 11.4 Å². The number of carbonyl (C=O) groups is 1. The van der Waals surface area contributed by atoms with Crippen molar-refractivity contribution < 1.29 is 4.79 Å². The van der Waals surface area contributed by atoms with E-state index in [9.17, 15) is 4.79 Å². The average Bonchev–Trinajstić information content (AvgIpc) is 2.42. The van der Waals surface area contributed by atoms with E-state index in [4.69, 9.17) is 5.73 Å². The quantitative estimate of drug-likeness (QED) is 0.818. The minimum atomic E-state index is -0.169. The van der Waals surface area contributed by atoms with E-state index in [1.165, 1.54) is 0 Å². The molecule has 3 nitrogen and oxygen atoms in total. The van der Waals surface area contributed by atoms with Crippen molar-refractivity contribution in [1.82, 2.24) is 0 Å². The van der Waals surface area contributed by atoms with E-state index in [1.54, 1.807) is 18.2 Å².